The van der Waals surface area contributed by atoms with Gasteiger partial charge in [-0.05, 0) is 92.0 Å². The van der Waals surface area contributed by atoms with E-state index in [1.54, 1.807) is 54.9 Å². The number of aromatic hydroxyl groups is 3. The Balaban J connectivity index is 0.000000120. The molecular weight excluding hydrogens is 715 g/mol. The topological polar surface area (TPSA) is 165 Å². The lowest BCUT2D eigenvalue weighted by Crippen LogP contribution is -2.01. The Labute approximate surface area is 327 Å². The van der Waals surface area contributed by atoms with E-state index in [1.807, 2.05) is 123 Å². The molecule has 0 fully saturated rings. The maximum atomic E-state index is 11.4. The number of aromatic amines is 2. The average molecular weight is 754 g/mol. The first-order valence-corrected chi connectivity index (χ1v) is 17.9. The van der Waals surface area contributed by atoms with Crippen molar-refractivity contribution in [3.63, 3.8) is 0 Å². The molecule has 0 radical (unpaired) electrons. The molecule has 0 bridgehead atoms. The number of fused-ring (bicyclic) bond motifs is 5. The normalized spacial score (nSPS) is 10.3. The van der Waals surface area contributed by atoms with Gasteiger partial charge in [0.1, 0.15) is 28.3 Å². The molecule has 10 nitrogen and oxygen atoms in total. The lowest BCUT2D eigenvalue weighted by molar-refractivity contribution is 0.476. The monoisotopic (exact) mass is 753 g/mol. The van der Waals surface area contributed by atoms with E-state index in [1.165, 1.54) is 6.07 Å². The van der Waals surface area contributed by atoms with E-state index < -0.39 is 0 Å². The number of rotatable bonds is 0. The Morgan fingerprint density at radius 2 is 1.11 bits per heavy atom. The lowest BCUT2D eigenvalue weighted by atomic mass is 10.2. The van der Waals surface area contributed by atoms with Crippen LogP contribution < -0.4 is 11.0 Å². The molecule has 0 saturated carbocycles. The van der Waals surface area contributed by atoms with Gasteiger partial charge in [-0.15, -0.1) is 0 Å². The number of nitrogens with one attached hydrogen (secondary N) is 2. The van der Waals surface area contributed by atoms with E-state index in [4.69, 9.17) is 5.11 Å². The summed E-state index contributed by atoms with van der Waals surface area (Å²) in [5.41, 5.74) is 5.90. The van der Waals surface area contributed by atoms with Crippen molar-refractivity contribution in [1.82, 2.24) is 24.9 Å². The van der Waals surface area contributed by atoms with Crippen molar-refractivity contribution < 1.29 is 15.3 Å². The third-order valence-corrected chi connectivity index (χ3v) is 8.54. The molecule has 10 heteroatoms. The summed E-state index contributed by atoms with van der Waals surface area (Å²) in [4.78, 5) is 40.4. The van der Waals surface area contributed by atoms with E-state index in [-0.39, 0.29) is 28.2 Å². The standard InChI is InChI=1S/2C10H9NO.3C9H7NO/c1-7-5-6-8-3-2-4-9(12)10(8)11-7;1-7-6-10(12)8-4-2-3-5-9(8)11-7;11-8-5-1-3-7-4-2-6-10-9(7)8;11-8-3-4-9-7(6-8)2-1-5-10-9;11-9-6-5-7-3-1-2-4-8(7)10-9/h2-6,12H,1H3;2-6H,1H3,(H,11,12);2*1-6,11H;1-6H,(H,10,11). The van der Waals surface area contributed by atoms with Crippen LogP contribution in [0.3, 0.4) is 0 Å². The molecule has 0 unspecified atom stereocenters. The molecular formula is C47H39N5O5. The van der Waals surface area contributed by atoms with Gasteiger partial charge in [0.15, 0.2) is 5.43 Å². The summed E-state index contributed by atoms with van der Waals surface area (Å²) in [7, 11) is 0. The smallest absolute Gasteiger partial charge is 0.248 e. The second kappa shape index (κ2) is 18.5. The van der Waals surface area contributed by atoms with Crippen LogP contribution in [0, 0.1) is 13.8 Å². The minimum atomic E-state index is -0.0521. The van der Waals surface area contributed by atoms with Crippen molar-refractivity contribution in [2.45, 2.75) is 13.8 Å². The molecule has 57 heavy (non-hydrogen) atoms. The largest absolute Gasteiger partial charge is 0.508 e. The predicted octanol–water partition coefficient (Wildman–Crippen LogP) is 9.49. The zero-order valence-corrected chi connectivity index (χ0v) is 31.2. The number of para-hydroxylation sites is 4. The molecule has 0 saturated heterocycles. The number of phenolic OH excluding ortho intramolecular Hbond substituents is 3. The number of pyridine rings is 5. The van der Waals surface area contributed by atoms with E-state index in [2.05, 4.69) is 24.9 Å². The molecule has 0 atom stereocenters. The Morgan fingerprint density at radius 1 is 0.491 bits per heavy atom. The molecule has 0 aliphatic heterocycles. The summed E-state index contributed by atoms with van der Waals surface area (Å²) >= 11 is 0. The fourth-order valence-electron chi connectivity index (χ4n) is 5.81. The fraction of sp³-hybridized carbons (Fsp3) is 0.0426. The van der Waals surface area contributed by atoms with Gasteiger partial charge in [0, 0.05) is 68.5 Å². The summed E-state index contributed by atoms with van der Waals surface area (Å²) in [5, 5.41) is 32.6. The van der Waals surface area contributed by atoms with Crippen LogP contribution in [-0.2, 0) is 0 Å². The van der Waals surface area contributed by atoms with Crippen LogP contribution in [0.4, 0.5) is 0 Å². The van der Waals surface area contributed by atoms with Crippen LogP contribution in [0.2, 0.25) is 0 Å². The number of benzene rings is 5. The van der Waals surface area contributed by atoms with Gasteiger partial charge in [0.25, 0.3) is 0 Å². The SMILES string of the molecule is Cc1cc(=O)c2ccccc2[nH]1.Cc1ccc2cccc(O)c2n1.O=c1ccc2ccccc2[nH]1.Oc1ccc2ncccc2c1.Oc1cccc2cccnc12. The first kappa shape index (κ1) is 38.9. The van der Waals surface area contributed by atoms with Crippen molar-refractivity contribution in [1.29, 1.82) is 0 Å². The van der Waals surface area contributed by atoms with E-state index >= 15 is 0 Å². The predicted molar refractivity (Wildman–Crippen MR) is 229 cm³/mol. The quantitative estimate of drug-likeness (QED) is 0.102. The van der Waals surface area contributed by atoms with Crippen molar-refractivity contribution in [3.8, 4) is 17.2 Å². The minimum Gasteiger partial charge on any atom is -0.508 e. The highest BCUT2D eigenvalue weighted by Crippen LogP contribution is 2.22. The molecule has 10 aromatic rings. The lowest BCUT2D eigenvalue weighted by Gasteiger charge is -1.99. The van der Waals surface area contributed by atoms with Gasteiger partial charge in [-0.25, -0.2) is 4.98 Å². The highest BCUT2D eigenvalue weighted by molar-refractivity contribution is 5.85. The number of aromatic nitrogens is 5. The molecule has 10 rings (SSSR count). The Hall–Kier alpha value is -7.85. The second-order valence-corrected chi connectivity index (χ2v) is 12.8. The van der Waals surface area contributed by atoms with E-state index in [0.717, 1.165) is 54.9 Å². The molecule has 5 heterocycles. The van der Waals surface area contributed by atoms with Gasteiger partial charge >= 0.3 is 0 Å². The van der Waals surface area contributed by atoms with Crippen LogP contribution in [0.1, 0.15) is 11.4 Å². The molecule has 5 aromatic heterocycles. The second-order valence-electron chi connectivity index (χ2n) is 12.8. The summed E-state index contributed by atoms with van der Waals surface area (Å²) in [6.07, 6.45) is 3.40. The maximum absolute atomic E-state index is 11.4. The summed E-state index contributed by atoms with van der Waals surface area (Å²) < 4.78 is 0. The average Bonchev–Trinajstić information content (AvgIpc) is 3.22. The highest BCUT2D eigenvalue weighted by atomic mass is 16.3. The van der Waals surface area contributed by atoms with Gasteiger partial charge in [-0.1, -0.05) is 72.8 Å². The van der Waals surface area contributed by atoms with Gasteiger partial charge in [0.05, 0.1) is 5.52 Å². The zero-order valence-electron chi connectivity index (χ0n) is 31.2. The van der Waals surface area contributed by atoms with Gasteiger partial charge < -0.3 is 25.3 Å². The number of hydrogen-bond donors (Lipinski definition) is 5. The number of H-pyrrole nitrogens is 2. The number of nitrogens with zero attached hydrogens (tertiary/aromatic N) is 3. The molecule has 5 N–H and O–H groups in total. The van der Waals surface area contributed by atoms with Crippen LogP contribution >= 0.6 is 0 Å². The number of phenols is 3. The maximum Gasteiger partial charge on any atom is 0.248 e. The van der Waals surface area contributed by atoms with E-state index in [9.17, 15) is 19.8 Å². The molecule has 0 spiro atoms. The Kier molecular flexibility index (Phi) is 12.6. The number of hydrogen-bond acceptors (Lipinski definition) is 8. The van der Waals surface area contributed by atoms with Crippen LogP contribution in [-0.4, -0.2) is 40.2 Å². The van der Waals surface area contributed by atoms with Crippen molar-refractivity contribution in [2.75, 3.05) is 0 Å². The summed E-state index contributed by atoms with van der Waals surface area (Å²) in [6, 6.07) is 47.5. The summed E-state index contributed by atoms with van der Waals surface area (Å²) in [5.74, 6) is 0.768. The van der Waals surface area contributed by atoms with Crippen molar-refractivity contribution >= 4 is 54.5 Å². The third-order valence-electron chi connectivity index (χ3n) is 8.54. The fourth-order valence-corrected chi connectivity index (χ4v) is 5.81. The van der Waals surface area contributed by atoms with Crippen LogP contribution in [0.5, 0.6) is 17.2 Å². The van der Waals surface area contributed by atoms with Crippen LogP contribution in [0.25, 0.3) is 54.5 Å². The van der Waals surface area contributed by atoms with Crippen molar-refractivity contribution in [3.05, 3.63) is 202 Å². The zero-order chi connectivity index (χ0) is 40.1. The Bertz CT molecular complexity index is 3040. The minimum absolute atomic E-state index is 0.0521. The van der Waals surface area contributed by atoms with Gasteiger partial charge in [-0.2, -0.15) is 0 Å². The summed E-state index contributed by atoms with van der Waals surface area (Å²) in [6.45, 7) is 3.79. The molecule has 0 amide bonds. The Morgan fingerprint density at radius 3 is 1.88 bits per heavy atom. The van der Waals surface area contributed by atoms with Gasteiger partial charge in [0.2, 0.25) is 5.56 Å². The van der Waals surface area contributed by atoms with E-state index in [0.29, 0.717) is 11.0 Å². The van der Waals surface area contributed by atoms with Crippen LogP contribution in [0.15, 0.2) is 180 Å². The molecule has 0 aliphatic rings. The molecule has 5 aromatic carbocycles. The number of aryl methyl sites for hydroxylation is 2. The highest BCUT2D eigenvalue weighted by Gasteiger charge is 2.00. The first-order valence-electron chi connectivity index (χ1n) is 17.9. The van der Waals surface area contributed by atoms with Crippen molar-refractivity contribution in [2.24, 2.45) is 0 Å². The molecule has 0 aliphatic carbocycles. The molecule has 282 valence electrons. The van der Waals surface area contributed by atoms with Gasteiger partial charge in [-0.3, -0.25) is 19.6 Å². The first-order chi connectivity index (χ1) is 27.6. The third kappa shape index (κ3) is 10.4.